The van der Waals surface area contributed by atoms with Crippen molar-refractivity contribution in [2.24, 2.45) is 0 Å². The van der Waals surface area contributed by atoms with Gasteiger partial charge in [-0.15, -0.1) is 0 Å². The van der Waals surface area contributed by atoms with E-state index in [9.17, 15) is 0 Å². The number of methoxy groups -OCH3 is 2. The second-order valence-electron chi connectivity index (χ2n) is 4.64. The van der Waals surface area contributed by atoms with Crippen LogP contribution in [0.25, 0.3) is 0 Å². The number of aromatic nitrogens is 2. The van der Waals surface area contributed by atoms with Crippen LogP contribution in [0.5, 0.6) is 11.8 Å². The van der Waals surface area contributed by atoms with Crippen molar-refractivity contribution in [2.45, 2.75) is 38.3 Å². The Balaban J connectivity index is 2.12. The van der Waals surface area contributed by atoms with Crippen molar-refractivity contribution < 1.29 is 9.47 Å². The van der Waals surface area contributed by atoms with E-state index < -0.39 is 0 Å². The summed E-state index contributed by atoms with van der Waals surface area (Å²) in [5.74, 6) is 1.15. The summed E-state index contributed by atoms with van der Waals surface area (Å²) in [6, 6.07) is 0. The van der Waals surface area contributed by atoms with Crippen LogP contribution in [0.1, 0.15) is 31.7 Å². The van der Waals surface area contributed by atoms with Crippen LogP contribution in [0.4, 0.5) is 0 Å². The fourth-order valence-electron chi connectivity index (χ4n) is 2.07. The van der Waals surface area contributed by atoms with Crippen LogP contribution in [0.2, 0.25) is 0 Å². The quantitative estimate of drug-likeness (QED) is 0.841. The molecule has 1 fully saturated rings. The average Bonchev–Trinajstić information content (AvgIpc) is 2.33. The molecule has 0 spiro atoms. The van der Waals surface area contributed by atoms with Gasteiger partial charge in [-0.3, -0.25) is 0 Å². The van der Waals surface area contributed by atoms with Crippen LogP contribution < -0.4 is 14.8 Å². The molecule has 1 aliphatic carbocycles. The second-order valence-corrected chi connectivity index (χ2v) is 4.64. The summed E-state index contributed by atoms with van der Waals surface area (Å²) in [7, 11) is 3.21. The number of hydrogen-bond donors (Lipinski definition) is 1. The molecule has 1 N–H and O–H groups in total. The smallest absolute Gasteiger partial charge is 0.224 e. The van der Waals surface area contributed by atoms with E-state index in [-0.39, 0.29) is 5.54 Å². The summed E-state index contributed by atoms with van der Waals surface area (Å²) in [4.78, 5) is 8.19. The number of ether oxygens (including phenoxy) is 2. The molecule has 0 saturated heterocycles. The second kappa shape index (κ2) is 4.87. The largest absolute Gasteiger partial charge is 0.481 e. The summed E-state index contributed by atoms with van der Waals surface area (Å²) >= 11 is 0. The van der Waals surface area contributed by atoms with E-state index >= 15 is 0 Å². The first-order valence-corrected chi connectivity index (χ1v) is 5.85. The van der Waals surface area contributed by atoms with Crippen molar-refractivity contribution >= 4 is 0 Å². The Kier molecular flexibility index (Phi) is 3.47. The van der Waals surface area contributed by atoms with Crippen LogP contribution in [0.15, 0.2) is 6.33 Å². The zero-order chi connectivity index (χ0) is 12.3. The zero-order valence-corrected chi connectivity index (χ0v) is 10.6. The maximum Gasteiger partial charge on any atom is 0.224 e. The molecule has 0 atom stereocenters. The van der Waals surface area contributed by atoms with Gasteiger partial charge in [0, 0.05) is 12.1 Å². The lowest BCUT2D eigenvalue weighted by Crippen LogP contribution is -2.47. The van der Waals surface area contributed by atoms with E-state index in [2.05, 4.69) is 22.2 Å². The summed E-state index contributed by atoms with van der Waals surface area (Å²) in [6.07, 6.45) is 5.17. The highest BCUT2D eigenvalue weighted by atomic mass is 16.5. The van der Waals surface area contributed by atoms with E-state index in [1.807, 2.05) is 0 Å². The molecule has 1 saturated carbocycles. The molecule has 94 valence electrons. The minimum atomic E-state index is 0.242. The van der Waals surface area contributed by atoms with Crippen LogP contribution >= 0.6 is 0 Å². The van der Waals surface area contributed by atoms with Crippen LogP contribution in [-0.4, -0.2) is 29.7 Å². The fourth-order valence-corrected chi connectivity index (χ4v) is 2.07. The summed E-state index contributed by atoms with van der Waals surface area (Å²) < 4.78 is 10.5. The Morgan fingerprint density at radius 2 is 1.82 bits per heavy atom. The summed E-state index contributed by atoms with van der Waals surface area (Å²) in [5, 5.41) is 3.52. The van der Waals surface area contributed by atoms with Gasteiger partial charge in [0.15, 0.2) is 0 Å². The van der Waals surface area contributed by atoms with Gasteiger partial charge < -0.3 is 14.8 Å². The van der Waals surface area contributed by atoms with E-state index in [0.717, 1.165) is 5.56 Å². The highest BCUT2D eigenvalue weighted by Gasteiger charge is 2.31. The topological polar surface area (TPSA) is 56.3 Å². The van der Waals surface area contributed by atoms with Gasteiger partial charge in [-0.25, -0.2) is 9.97 Å². The fraction of sp³-hybridized carbons (Fsp3) is 0.667. The molecule has 1 aliphatic rings. The first kappa shape index (κ1) is 12.1. The Morgan fingerprint density at radius 1 is 1.24 bits per heavy atom. The lowest BCUT2D eigenvalue weighted by atomic mass is 9.78. The molecule has 0 radical (unpaired) electrons. The Hall–Kier alpha value is -1.36. The van der Waals surface area contributed by atoms with Crippen LogP contribution in [-0.2, 0) is 6.54 Å². The van der Waals surface area contributed by atoms with Gasteiger partial charge in [-0.1, -0.05) is 0 Å². The van der Waals surface area contributed by atoms with E-state index in [4.69, 9.17) is 9.47 Å². The SMILES string of the molecule is COc1ncnc(OC)c1CNC1(C)CCC1. The molecule has 1 aromatic rings. The number of nitrogens with zero attached hydrogens (tertiary/aromatic N) is 2. The third kappa shape index (κ3) is 2.49. The third-order valence-corrected chi connectivity index (χ3v) is 3.40. The molecule has 5 nitrogen and oxygen atoms in total. The van der Waals surface area contributed by atoms with Gasteiger partial charge in [0.05, 0.1) is 19.8 Å². The average molecular weight is 237 g/mol. The Morgan fingerprint density at radius 3 is 2.24 bits per heavy atom. The monoisotopic (exact) mass is 237 g/mol. The molecule has 0 amide bonds. The minimum absolute atomic E-state index is 0.242. The lowest BCUT2D eigenvalue weighted by Gasteiger charge is -2.39. The molecular weight excluding hydrogens is 218 g/mol. The Labute approximate surface area is 102 Å². The maximum atomic E-state index is 5.23. The summed E-state index contributed by atoms with van der Waals surface area (Å²) in [6.45, 7) is 2.91. The molecule has 2 rings (SSSR count). The van der Waals surface area contributed by atoms with Crippen molar-refractivity contribution in [3.8, 4) is 11.8 Å². The first-order chi connectivity index (χ1) is 8.18. The van der Waals surface area contributed by atoms with Gasteiger partial charge >= 0.3 is 0 Å². The molecule has 0 bridgehead atoms. The van der Waals surface area contributed by atoms with Crippen molar-refractivity contribution in [1.82, 2.24) is 15.3 Å². The first-order valence-electron chi connectivity index (χ1n) is 5.85. The predicted molar refractivity (Wildman–Crippen MR) is 64.2 cm³/mol. The number of rotatable bonds is 5. The molecule has 5 heteroatoms. The number of hydrogen-bond acceptors (Lipinski definition) is 5. The number of nitrogens with one attached hydrogen (secondary N) is 1. The van der Waals surface area contributed by atoms with Crippen molar-refractivity contribution in [3.63, 3.8) is 0 Å². The predicted octanol–water partition coefficient (Wildman–Crippen LogP) is 1.53. The van der Waals surface area contributed by atoms with Gasteiger partial charge in [-0.05, 0) is 26.2 Å². The molecule has 0 aromatic carbocycles. The summed E-state index contributed by atoms with van der Waals surface area (Å²) in [5.41, 5.74) is 1.12. The third-order valence-electron chi connectivity index (χ3n) is 3.40. The molecular formula is C12H19N3O2. The molecule has 1 aromatic heterocycles. The molecule has 0 aliphatic heterocycles. The van der Waals surface area contributed by atoms with Crippen LogP contribution in [0, 0.1) is 0 Å². The van der Waals surface area contributed by atoms with Gasteiger partial charge in [0.1, 0.15) is 6.33 Å². The lowest BCUT2D eigenvalue weighted by molar-refractivity contribution is 0.204. The standard InChI is InChI=1S/C12H19N3O2/c1-12(5-4-6-12)15-7-9-10(16-2)13-8-14-11(9)17-3/h8,15H,4-7H2,1-3H3. The molecule has 17 heavy (non-hydrogen) atoms. The highest BCUT2D eigenvalue weighted by Crippen LogP contribution is 2.32. The Bertz CT molecular complexity index is 369. The van der Waals surface area contributed by atoms with Crippen molar-refractivity contribution in [2.75, 3.05) is 14.2 Å². The minimum Gasteiger partial charge on any atom is -0.481 e. The van der Waals surface area contributed by atoms with E-state index in [1.165, 1.54) is 25.6 Å². The van der Waals surface area contributed by atoms with E-state index in [1.54, 1.807) is 14.2 Å². The highest BCUT2D eigenvalue weighted by molar-refractivity contribution is 5.34. The zero-order valence-electron chi connectivity index (χ0n) is 10.6. The van der Waals surface area contributed by atoms with Gasteiger partial charge in [0.2, 0.25) is 11.8 Å². The molecule has 0 unspecified atom stereocenters. The van der Waals surface area contributed by atoms with Crippen molar-refractivity contribution in [1.29, 1.82) is 0 Å². The van der Waals surface area contributed by atoms with Crippen molar-refractivity contribution in [3.05, 3.63) is 11.9 Å². The maximum absolute atomic E-state index is 5.23. The molecule has 1 heterocycles. The normalized spacial score (nSPS) is 17.4. The van der Waals surface area contributed by atoms with Gasteiger partial charge in [0.25, 0.3) is 0 Å². The van der Waals surface area contributed by atoms with E-state index in [0.29, 0.717) is 18.3 Å². The van der Waals surface area contributed by atoms with Crippen LogP contribution in [0.3, 0.4) is 0 Å². The van der Waals surface area contributed by atoms with Gasteiger partial charge in [-0.2, -0.15) is 0 Å².